The van der Waals surface area contributed by atoms with Crippen molar-refractivity contribution in [2.75, 3.05) is 5.75 Å². The van der Waals surface area contributed by atoms with Gasteiger partial charge in [0.05, 0.1) is 10.1 Å². The molecule has 0 aliphatic heterocycles. The van der Waals surface area contributed by atoms with Crippen molar-refractivity contribution in [1.29, 1.82) is 0 Å². The molecule has 0 radical (unpaired) electrons. The van der Waals surface area contributed by atoms with E-state index in [1.807, 2.05) is 6.07 Å². The van der Waals surface area contributed by atoms with E-state index in [2.05, 4.69) is 5.16 Å². The Labute approximate surface area is 124 Å². The van der Waals surface area contributed by atoms with Crippen LogP contribution in [0.25, 0.3) is 10.2 Å². The van der Waals surface area contributed by atoms with E-state index in [1.165, 1.54) is 17.6 Å². The van der Waals surface area contributed by atoms with E-state index in [0.717, 1.165) is 10.2 Å². The second-order valence-electron chi connectivity index (χ2n) is 4.06. The van der Waals surface area contributed by atoms with Crippen LogP contribution < -0.4 is 4.57 Å². The molecule has 1 aromatic heterocycles. The number of thiazole rings is 1. The molecule has 0 aliphatic rings. The minimum atomic E-state index is -4.23. The Balaban J connectivity index is 2.37. The van der Waals surface area contributed by atoms with Gasteiger partial charge in [0.2, 0.25) is 5.52 Å². The molecule has 6 nitrogen and oxygen atoms in total. The highest BCUT2D eigenvalue weighted by molar-refractivity contribution is 7.85. The quantitative estimate of drug-likeness (QED) is 0.295. The molecule has 0 atom stereocenters. The lowest BCUT2D eigenvalue weighted by atomic mass is 10.3. The zero-order valence-corrected chi connectivity index (χ0v) is 12.6. The number of aryl methyl sites for hydroxylation is 1. The number of hydrogen-bond donors (Lipinski definition) is 1. The van der Waals surface area contributed by atoms with Crippen molar-refractivity contribution in [2.45, 2.75) is 13.0 Å². The van der Waals surface area contributed by atoms with Gasteiger partial charge in [-0.2, -0.15) is 4.57 Å². The van der Waals surface area contributed by atoms with Gasteiger partial charge in [-0.25, -0.2) is 8.42 Å². The maximum atomic E-state index is 10.6. The van der Waals surface area contributed by atoms with Crippen LogP contribution in [0, 0.1) is 0 Å². The van der Waals surface area contributed by atoms with Gasteiger partial charge >= 0.3 is 0 Å². The van der Waals surface area contributed by atoms with E-state index in [-0.39, 0.29) is 6.42 Å². The third-order valence-corrected chi connectivity index (χ3v) is 4.76. The topological polar surface area (TPSA) is 93.7 Å². The number of nitrogens with zero attached hydrogens (tertiary/aromatic N) is 2. The summed E-state index contributed by atoms with van der Waals surface area (Å²) in [6.07, 6.45) is 1.45. The van der Waals surface area contributed by atoms with Crippen LogP contribution in [0.15, 0.2) is 23.4 Å². The van der Waals surface area contributed by atoms with Crippen LogP contribution in [0.3, 0.4) is 0 Å². The average Bonchev–Trinajstić information content (AvgIpc) is 2.66. The highest BCUT2D eigenvalue weighted by Gasteiger charge is 2.19. The van der Waals surface area contributed by atoms with Gasteiger partial charge in [-0.1, -0.05) is 28.1 Å². The predicted octanol–water partition coefficient (Wildman–Crippen LogP) is 1.59. The molecule has 1 N–H and O–H groups in total. The summed E-state index contributed by atoms with van der Waals surface area (Å²) in [6, 6.07) is 5.32. The number of oxime groups is 1. The molecule has 1 heterocycles. The molecular weight excluding hydrogens is 324 g/mol. The molecule has 2 rings (SSSR count). The molecule has 0 amide bonds. The summed E-state index contributed by atoms with van der Waals surface area (Å²) < 4.78 is 34.6. The summed E-state index contributed by atoms with van der Waals surface area (Å²) in [5.74, 6) is -0.437. The monoisotopic (exact) mass is 334 g/mol. The molecule has 1 aromatic carbocycles. The first kappa shape index (κ1) is 15.2. The smallest absolute Gasteiger partial charge is 0.284 e. The summed E-state index contributed by atoms with van der Waals surface area (Å²) >= 11 is 7.33. The Bertz CT molecular complexity index is 755. The molecule has 108 valence electrons. The molecule has 0 saturated carbocycles. The summed E-state index contributed by atoms with van der Waals surface area (Å²) in [6.45, 7) is 0.323. The van der Waals surface area contributed by atoms with Gasteiger partial charge in [0.1, 0.15) is 10.9 Å². The zero-order chi connectivity index (χ0) is 14.8. The van der Waals surface area contributed by atoms with Crippen molar-refractivity contribution in [3.63, 3.8) is 0 Å². The van der Waals surface area contributed by atoms with E-state index >= 15 is 0 Å². The molecule has 0 aliphatic carbocycles. The van der Waals surface area contributed by atoms with Crippen molar-refractivity contribution in [3.8, 4) is 0 Å². The number of halogens is 1. The van der Waals surface area contributed by atoms with E-state index in [9.17, 15) is 13.0 Å². The van der Waals surface area contributed by atoms with E-state index < -0.39 is 15.9 Å². The fourth-order valence-electron chi connectivity index (χ4n) is 1.85. The standard InChI is InChI=1S/C11H11ClN2O4S2/c12-8-2-3-10-9(6-8)14(11(19-10)7-13-15)4-1-5-20(16,17)18/h2-3,6-7H,1,4-5H2,(H,16,17,18). The number of aromatic nitrogens is 1. The average molecular weight is 335 g/mol. The van der Waals surface area contributed by atoms with Crippen LogP contribution >= 0.6 is 22.9 Å². The molecule has 20 heavy (non-hydrogen) atoms. The highest BCUT2D eigenvalue weighted by Crippen LogP contribution is 2.23. The maximum Gasteiger partial charge on any atom is 0.284 e. The maximum absolute atomic E-state index is 10.6. The molecule has 0 unspecified atom stereocenters. The van der Waals surface area contributed by atoms with Crippen LogP contribution in [-0.4, -0.2) is 30.1 Å². The third-order valence-electron chi connectivity index (χ3n) is 2.64. The first-order chi connectivity index (χ1) is 9.40. The van der Waals surface area contributed by atoms with Crippen LogP contribution in [0.5, 0.6) is 0 Å². The lowest BCUT2D eigenvalue weighted by molar-refractivity contribution is -0.667. The number of hydrogen-bond acceptors (Lipinski definition) is 6. The fraction of sp³-hybridized carbons (Fsp3) is 0.273. The second-order valence-corrected chi connectivity index (χ2v) is 7.09. The van der Waals surface area contributed by atoms with E-state index in [0.29, 0.717) is 16.6 Å². The number of rotatable bonds is 5. The van der Waals surface area contributed by atoms with E-state index in [1.54, 1.807) is 16.7 Å². The van der Waals surface area contributed by atoms with Gasteiger partial charge in [-0.05, 0) is 12.1 Å². The molecular formula is C11H11ClN2O4S2. The second kappa shape index (κ2) is 6.04. The van der Waals surface area contributed by atoms with Crippen LogP contribution in [0.2, 0.25) is 5.02 Å². The predicted molar refractivity (Wildman–Crippen MR) is 75.6 cm³/mol. The van der Waals surface area contributed by atoms with Crippen molar-refractivity contribution < 1.29 is 22.7 Å². The molecule has 0 fully saturated rings. The lowest BCUT2D eigenvalue weighted by Crippen LogP contribution is -2.37. The van der Waals surface area contributed by atoms with Crippen LogP contribution in [0.4, 0.5) is 0 Å². The van der Waals surface area contributed by atoms with E-state index in [4.69, 9.17) is 16.8 Å². The van der Waals surface area contributed by atoms with Crippen molar-refractivity contribution >= 4 is 49.5 Å². The third kappa shape index (κ3) is 3.66. The summed E-state index contributed by atoms with van der Waals surface area (Å²) in [5, 5.41) is 12.9. The van der Waals surface area contributed by atoms with Gasteiger partial charge < -0.3 is 9.76 Å². The van der Waals surface area contributed by atoms with Gasteiger partial charge in [0.15, 0.2) is 6.54 Å². The first-order valence-corrected chi connectivity index (χ1v) is 8.41. The van der Waals surface area contributed by atoms with Crippen molar-refractivity contribution in [3.05, 3.63) is 28.2 Å². The van der Waals surface area contributed by atoms with Crippen LogP contribution in [0.1, 0.15) is 11.4 Å². The van der Waals surface area contributed by atoms with Gasteiger partial charge in [-0.3, -0.25) is 0 Å². The summed E-state index contributed by atoms with van der Waals surface area (Å²) in [5.41, 5.74) is 0.806. The van der Waals surface area contributed by atoms with Crippen molar-refractivity contribution in [1.82, 2.24) is 0 Å². The molecule has 0 bridgehead atoms. The summed E-state index contributed by atoms with van der Waals surface area (Å²) in [7, 11) is -4.23. The van der Waals surface area contributed by atoms with Gasteiger partial charge in [0.25, 0.3) is 5.01 Å². The highest BCUT2D eigenvalue weighted by atomic mass is 35.5. The number of benzene rings is 1. The Morgan fingerprint density at radius 1 is 1.50 bits per heavy atom. The number of fused-ring (bicyclic) bond motifs is 1. The van der Waals surface area contributed by atoms with Crippen LogP contribution in [-0.2, 0) is 16.7 Å². The first-order valence-electron chi connectivity index (χ1n) is 5.63. The molecule has 0 saturated heterocycles. The Hall–Kier alpha value is -1.22. The van der Waals surface area contributed by atoms with Crippen molar-refractivity contribution in [2.24, 2.45) is 5.16 Å². The van der Waals surface area contributed by atoms with Gasteiger partial charge in [0, 0.05) is 23.3 Å². The largest absolute Gasteiger partial charge is 0.748 e. The minimum absolute atomic E-state index is 0.182. The normalized spacial score (nSPS) is 12.5. The zero-order valence-electron chi connectivity index (χ0n) is 10.2. The summed E-state index contributed by atoms with van der Waals surface area (Å²) in [4.78, 5) is 0. The Morgan fingerprint density at radius 3 is 2.90 bits per heavy atom. The fourth-order valence-corrected chi connectivity index (χ4v) is 3.53. The lowest BCUT2D eigenvalue weighted by Gasteiger charge is -2.04. The Morgan fingerprint density at radius 2 is 2.25 bits per heavy atom. The Kier molecular flexibility index (Phi) is 4.59. The minimum Gasteiger partial charge on any atom is -0.748 e. The van der Waals surface area contributed by atoms with Gasteiger partial charge in [-0.15, -0.1) is 0 Å². The SMILES string of the molecule is O=S(=O)([O-])CCC[n+]1c(C=NO)sc2ccc(Cl)cc21. The molecule has 9 heteroatoms. The molecule has 2 aromatic rings. The molecule has 0 spiro atoms.